The molecule has 58 valence electrons. The summed E-state index contributed by atoms with van der Waals surface area (Å²) in [5, 5.41) is 0. The molecule has 1 nitrogen and oxygen atoms in total. The molecular formula is C8H17BO. The van der Waals surface area contributed by atoms with Crippen molar-refractivity contribution >= 4 is 6.92 Å². The van der Waals surface area contributed by atoms with Gasteiger partial charge in [0, 0.05) is 6.61 Å². The quantitative estimate of drug-likeness (QED) is 0.547. The summed E-state index contributed by atoms with van der Waals surface area (Å²) in [5.74, 6) is 0.861. The smallest absolute Gasteiger partial charge is 0.296 e. The van der Waals surface area contributed by atoms with Crippen molar-refractivity contribution in [3.63, 3.8) is 0 Å². The molecule has 2 heteroatoms. The van der Waals surface area contributed by atoms with Crippen LogP contribution in [0.25, 0.3) is 0 Å². The maximum Gasteiger partial charge on any atom is 0.296 e. The number of hydrogen-bond acceptors (Lipinski definition) is 1. The van der Waals surface area contributed by atoms with Gasteiger partial charge < -0.3 is 4.65 Å². The van der Waals surface area contributed by atoms with Gasteiger partial charge in [0.15, 0.2) is 0 Å². The number of hydrogen-bond donors (Lipinski definition) is 0. The Morgan fingerprint density at radius 3 is 2.90 bits per heavy atom. The molecule has 1 atom stereocenters. The van der Waals surface area contributed by atoms with Gasteiger partial charge in [-0.3, -0.25) is 0 Å². The van der Waals surface area contributed by atoms with Crippen LogP contribution in [0.3, 0.4) is 0 Å². The van der Waals surface area contributed by atoms with Crippen molar-refractivity contribution in [3.05, 3.63) is 0 Å². The molecule has 1 heterocycles. The topological polar surface area (TPSA) is 9.23 Å². The van der Waals surface area contributed by atoms with Crippen LogP contribution < -0.4 is 0 Å². The lowest BCUT2D eigenvalue weighted by Gasteiger charge is -2.12. The van der Waals surface area contributed by atoms with Crippen molar-refractivity contribution in [2.75, 3.05) is 6.61 Å². The Balaban J connectivity index is 2.27. The third kappa shape index (κ3) is 1.75. The molecule has 0 amide bonds. The van der Waals surface area contributed by atoms with E-state index < -0.39 is 0 Å². The van der Waals surface area contributed by atoms with Crippen LogP contribution in [0.5, 0.6) is 0 Å². The van der Waals surface area contributed by atoms with Crippen molar-refractivity contribution in [2.24, 2.45) is 0 Å². The molecule has 0 aromatic rings. The molecule has 1 aliphatic heterocycles. The summed E-state index contributed by atoms with van der Waals surface area (Å²) in [6.07, 6.45) is 5.36. The van der Waals surface area contributed by atoms with Crippen LogP contribution in [0.2, 0.25) is 12.1 Å². The predicted octanol–water partition coefficient (Wildman–Crippen LogP) is 2.59. The summed E-state index contributed by atoms with van der Waals surface area (Å²) in [4.78, 5) is 0. The summed E-state index contributed by atoms with van der Waals surface area (Å²) < 4.78 is 5.61. The first-order chi connectivity index (χ1) is 4.88. The lowest BCUT2D eigenvalue weighted by Crippen LogP contribution is -2.18. The van der Waals surface area contributed by atoms with E-state index in [1.165, 1.54) is 25.6 Å². The Labute approximate surface area is 64.3 Å². The van der Waals surface area contributed by atoms with Crippen LogP contribution in [0.4, 0.5) is 0 Å². The average Bonchev–Trinajstić information content (AvgIpc) is 2.36. The highest BCUT2D eigenvalue weighted by Crippen LogP contribution is 2.33. The Morgan fingerprint density at radius 1 is 1.50 bits per heavy atom. The van der Waals surface area contributed by atoms with Crippen molar-refractivity contribution in [3.8, 4) is 0 Å². The van der Waals surface area contributed by atoms with Crippen molar-refractivity contribution in [1.82, 2.24) is 0 Å². The molecule has 0 aliphatic carbocycles. The minimum atomic E-state index is 0.593. The van der Waals surface area contributed by atoms with Gasteiger partial charge in [0.2, 0.25) is 0 Å². The first-order valence-electron chi connectivity index (χ1n) is 4.50. The molecule has 0 N–H and O–H groups in total. The molecule has 10 heavy (non-hydrogen) atoms. The minimum absolute atomic E-state index is 0.593. The molecule has 1 aliphatic rings. The molecule has 0 saturated carbocycles. The zero-order valence-corrected chi connectivity index (χ0v) is 7.10. The van der Waals surface area contributed by atoms with E-state index in [1.807, 2.05) is 0 Å². The Hall–Kier alpha value is 0.0249. The average molecular weight is 140 g/mol. The molecule has 1 saturated heterocycles. The van der Waals surface area contributed by atoms with Gasteiger partial charge in [0.1, 0.15) is 0 Å². The first-order valence-corrected chi connectivity index (χ1v) is 4.50. The summed E-state index contributed by atoms with van der Waals surface area (Å²) >= 11 is 0. The second-order valence-electron chi connectivity index (χ2n) is 3.09. The van der Waals surface area contributed by atoms with Gasteiger partial charge in [-0.1, -0.05) is 26.2 Å². The van der Waals surface area contributed by atoms with Gasteiger partial charge in [-0.15, -0.1) is 0 Å². The molecule has 0 spiro atoms. The molecule has 0 aromatic carbocycles. The Morgan fingerprint density at radius 2 is 2.30 bits per heavy atom. The lowest BCUT2D eigenvalue weighted by atomic mass is 9.57. The fraction of sp³-hybridized carbons (Fsp3) is 1.00. The minimum Gasteiger partial charge on any atom is -0.436 e. The van der Waals surface area contributed by atoms with Crippen LogP contribution in [0.1, 0.15) is 33.1 Å². The molecule has 0 unspecified atom stereocenters. The molecular weight excluding hydrogens is 123 g/mol. The van der Waals surface area contributed by atoms with Gasteiger partial charge in [0.25, 0.3) is 6.92 Å². The maximum absolute atomic E-state index is 5.61. The highest BCUT2D eigenvalue weighted by Gasteiger charge is 2.30. The zero-order valence-electron chi connectivity index (χ0n) is 7.10. The van der Waals surface area contributed by atoms with Crippen molar-refractivity contribution in [1.29, 1.82) is 0 Å². The van der Waals surface area contributed by atoms with Gasteiger partial charge in [-0.25, -0.2) is 0 Å². The monoisotopic (exact) mass is 140 g/mol. The fourth-order valence-corrected chi connectivity index (χ4v) is 1.90. The summed E-state index contributed by atoms with van der Waals surface area (Å²) in [5.41, 5.74) is 0. The zero-order chi connectivity index (χ0) is 7.40. The summed E-state index contributed by atoms with van der Waals surface area (Å²) in [6.45, 7) is 5.84. The Bertz CT molecular complexity index is 95.3. The van der Waals surface area contributed by atoms with Crippen molar-refractivity contribution in [2.45, 2.75) is 45.2 Å². The first kappa shape index (κ1) is 8.12. The van der Waals surface area contributed by atoms with E-state index in [2.05, 4.69) is 13.8 Å². The molecule has 0 bridgehead atoms. The fourth-order valence-electron chi connectivity index (χ4n) is 1.90. The van der Waals surface area contributed by atoms with Gasteiger partial charge >= 0.3 is 0 Å². The Kier molecular flexibility index (Phi) is 3.27. The van der Waals surface area contributed by atoms with Gasteiger partial charge in [0.05, 0.1) is 0 Å². The van der Waals surface area contributed by atoms with Crippen LogP contribution in [0.15, 0.2) is 0 Å². The molecule has 1 fully saturated rings. The van der Waals surface area contributed by atoms with Crippen LogP contribution in [-0.2, 0) is 4.65 Å². The molecule has 0 radical (unpaired) electrons. The summed E-state index contributed by atoms with van der Waals surface area (Å²) in [6, 6.07) is 0. The van der Waals surface area contributed by atoms with Gasteiger partial charge in [-0.2, -0.15) is 0 Å². The van der Waals surface area contributed by atoms with Crippen LogP contribution >= 0.6 is 0 Å². The SMILES string of the molecule is CCOB1CCC[C@H]1CC. The normalized spacial score (nSPS) is 25.8. The van der Waals surface area contributed by atoms with Crippen LogP contribution in [-0.4, -0.2) is 13.5 Å². The lowest BCUT2D eigenvalue weighted by molar-refractivity contribution is 0.337. The highest BCUT2D eigenvalue weighted by atomic mass is 16.4. The standard InChI is InChI=1S/C8H17BO/c1-3-8-6-5-7-9(8)10-4-2/h8H,3-7H2,1-2H3/t8-/m1/s1. The summed E-state index contributed by atoms with van der Waals surface area (Å²) in [7, 11) is 0. The third-order valence-electron chi connectivity index (χ3n) is 2.49. The van der Waals surface area contributed by atoms with E-state index in [0.717, 1.165) is 12.4 Å². The number of rotatable bonds is 3. The molecule has 1 rings (SSSR count). The van der Waals surface area contributed by atoms with E-state index in [9.17, 15) is 0 Å². The van der Waals surface area contributed by atoms with E-state index in [1.54, 1.807) is 0 Å². The largest absolute Gasteiger partial charge is 0.436 e. The second-order valence-corrected chi connectivity index (χ2v) is 3.09. The predicted molar refractivity (Wildman–Crippen MR) is 45.5 cm³/mol. The van der Waals surface area contributed by atoms with E-state index in [-0.39, 0.29) is 0 Å². The van der Waals surface area contributed by atoms with Crippen molar-refractivity contribution < 1.29 is 4.65 Å². The van der Waals surface area contributed by atoms with Gasteiger partial charge in [-0.05, 0) is 19.1 Å². The highest BCUT2D eigenvalue weighted by molar-refractivity contribution is 6.54. The van der Waals surface area contributed by atoms with E-state index >= 15 is 0 Å². The van der Waals surface area contributed by atoms with E-state index in [4.69, 9.17) is 4.65 Å². The maximum atomic E-state index is 5.61. The second kappa shape index (κ2) is 4.02. The third-order valence-corrected chi connectivity index (χ3v) is 2.49. The van der Waals surface area contributed by atoms with Crippen LogP contribution in [0, 0.1) is 0 Å². The molecule has 0 aromatic heterocycles. The van der Waals surface area contributed by atoms with E-state index in [0.29, 0.717) is 6.92 Å².